The molecule has 0 spiro atoms. The summed E-state index contributed by atoms with van der Waals surface area (Å²) in [5, 5.41) is 20.0. The zero-order valence-corrected chi connectivity index (χ0v) is 11.4. The molecular weight excluding hydrogens is 262 g/mol. The molecule has 0 amide bonds. The van der Waals surface area contributed by atoms with Gasteiger partial charge in [-0.1, -0.05) is 0 Å². The van der Waals surface area contributed by atoms with Crippen molar-refractivity contribution in [3.8, 4) is 0 Å². The van der Waals surface area contributed by atoms with Crippen LogP contribution < -0.4 is 4.90 Å². The fourth-order valence-electron chi connectivity index (χ4n) is 2.75. The van der Waals surface area contributed by atoms with Crippen molar-refractivity contribution in [2.24, 2.45) is 0 Å². The van der Waals surface area contributed by atoms with Crippen LogP contribution in [0.25, 0.3) is 0 Å². The second-order valence-corrected chi connectivity index (χ2v) is 5.16. The van der Waals surface area contributed by atoms with E-state index in [2.05, 4.69) is 4.98 Å². The molecule has 20 heavy (non-hydrogen) atoms. The van der Waals surface area contributed by atoms with E-state index in [-0.39, 0.29) is 23.3 Å². The van der Waals surface area contributed by atoms with Crippen LogP contribution in [0.15, 0.2) is 12.3 Å². The Kier molecular flexibility index (Phi) is 3.87. The molecule has 1 aliphatic rings. The lowest BCUT2D eigenvalue weighted by Crippen LogP contribution is -2.45. The van der Waals surface area contributed by atoms with Gasteiger partial charge < -0.3 is 10.0 Å². The van der Waals surface area contributed by atoms with Crippen molar-refractivity contribution in [2.45, 2.75) is 45.2 Å². The highest BCUT2D eigenvalue weighted by Gasteiger charge is 2.30. The Labute approximate surface area is 116 Å². The number of anilines is 1. The van der Waals surface area contributed by atoms with E-state index < -0.39 is 10.9 Å². The molecule has 2 unspecified atom stereocenters. The largest absolute Gasteiger partial charge is 0.478 e. The molecule has 0 saturated carbocycles. The zero-order chi connectivity index (χ0) is 14.9. The Bertz CT molecular complexity index is 536. The average Bonchev–Trinajstić information content (AvgIpc) is 2.38. The van der Waals surface area contributed by atoms with Gasteiger partial charge in [-0.15, -0.1) is 0 Å². The van der Waals surface area contributed by atoms with Crippen LogP contribution >= 0.6 is 0 Å². The van der Waals surface area contributed by atoms with Crippen LogP contribution in [0.4, 0.5) is 11.5 Å². The van der Waals surface area contributed by atoms with Crippen LogP contribution in [0.3, 0.4) is 0 Å². The highest BCUT2D eigenvalue weighted by molar-refractivity contribution is 5.94. The van der Waals surface area contributed by atoms with E-state index >= 15 is 0 Å². The Morgan fingerprint density at radius 1 is 1.45 bits per heavy atom. The molecular formula is C13H17N3O4. The number of hydrogen-bond acceptors (Lipinski definition) is 5. The predicted molar refractivity (Wildman–Crippen MR) is 73.1 cm³/mol. The van der Waals surface area contributed by atoms with Gasteiger partial charge in [0.05, 0.1) is 4.92 Å². The van der Waals surface area contributed by atoms with Crippen LogP contribution in [0, 0.1) is 10.1 Å². The number of carboxylic acids is 1. The molecule has 0 aromatic carbocycles. The molecule has 0 radical (unpaired) electrons. The summed E-state index contributed by atoms with van der Waals surface area (Å²) in [6.07, 6.45) is 4.13. The second kappa shape index (κ2) is 5.44. The van der Waals surface area contributed by atoms with Gasteiger partial charge in [-0.05, 0) is 33.1 Å². The molecule has 0 aliphatic carbocycles. The molecule has 108 valence electrons. The molecule has 2 atom stereocenters. The van der Waals surface area contributed by atoms with E-state index in [1.54, 1.807) is 0 Å². The number of piperidine rings is 1. The topological polar surface area (TPSA) is 96.6 Å². The third kappa shape index (κ3) is 2.56. The van der Waals surface area contributed by atoms with Crippen molar-refractivity contribution >= 4 is 17.5 Å². The number of carbonyl (C=O) groups is 1. The highest BCUT2D eigenvalue weighted by atomic mass is 16.6. The van der Waals surface area contributed by atoms with Gasteiger partial charge in [-0.2, -0.15) is 0 Å². The van der Waals surface area contributed by atoms with E-state index in [1.807, 2.05) is 18.7 Å². The fourth-order valence-corrected chi connectivity index (χ4v) is 2.75. The lowest BCUT2D eigenvalue weighted by Gasteiger charge is -2.40. The number of rotatable bonds is 3. The first-order valence-electron chi connectivity index (χ1n) is 6.58. The molecule has 1 saturated heterocycles. The van der Waals surface area contributed by atoms with Gasteiger partial charge in [-0.25, -0.2) is 9.78 Å². The first kappa shape index (κ1) is 14.2. The maximum atomic E-state index is 11.4. The summed E-state index contributed by atoms with van der Waals surface area (Å²) in [5.74, 6) is -0.871. The SMILES string of the molecule is CC1CCCC(C)N1c1ncc([N+](=O)[O-])cc1C(=O)O. The van der Waals surface area contributed by atoms with Gasteiger partial charge in [0, 0.05) is 18.2 Å². The first-order valence-corrected chi connectivity index (χ1v) is 6.58. The smallest absolute Gasteiger partial charge is 0.339 e. The van der Waals surface area contributed by atoms with Crippen LogP contribution in [-0.2, 0) is 0 Å². The lowest BCUT2D eigenvalue weighted by atomic mass is 9.97. The second-order valence-electron chi connectivity index (χ2n) is 5.16. The molecule has 1 N–H and O–H groups in total. The Morgan fingerprint density at radius 2 is 2.05 bits per heavy atom. The quantitative estimate of drug-likeness (QED) is 0.674. The van der Waals surface area contributed by atoms with Crippen LogP contribution in [0.5, 0.6) is 0 Å². The maximum Gasteiger partial charge on any atom is 0.339 e. The number of hydrogen-bond donors (Lipinski definition) is 1. The molecule has 7 heteroatoms. The summed E-state index contributed by atoms with van der Waals surface area (Å²) in [5.41, 5.74) is -0.414. The number of nitrogens with zero attached hydrogens (tertiary/aromatic N) is 3. The molecule has 1 aliphatic heterocycles. The third-order valence-electron chi connectivity index (χ3n) is 3.73. The predicted octanol–water partition coefficient (Wildman–Crippen LogP) is 2.46. The summed E-state index contributed by atoms with van der Waals surface area (Å²) in [6.45, 7) is 4.04. The first-order chi connectivity index (χ1) is 9.41. The monoisotopic (exact) mass is 279 g/mol. The standard InChI is InChI=1S/C13H17N3O4/c1-8-4-3-5-9(2)15(8)12-11(13(17)18)6-10(7-14-12)16(19)20/h6-9H,3-5H2,1-2H3,(H,17,18). The number of aromatic nitrogens is 1. The molecule has 2 heterocycles. The van der Waals surface area contributed by atoms with Gasteiger partial charge >= 0.3 is 5.97 Å². The van der Waals surface area contributed by atoms with Crippen molar-refractivity contribution < 1.29 is 14.8 Å². The van der Waals surface area contributed by atoms with Crippen LogP contribution in [-0.4, -0.2) is 33.1 Å². The molecule has 2 rings (SSSR count). The lowest BCUT2D eigenvalue weighted by molar-refractivity contribution is -0.385. The zero-order valence-electron chi connectivity index (χ0n) is 11.4. The minimum atomic E-state index is -1.19. The molecule has 1 fully saturated rings. The van der Waals surface area contributed by atoms with Crippen molar-refractivity contribution in [3.63, 3.8) is 0 Å². The number of carboxylic acid groups (broad SMARTS) is 1. The van der Waals surface area contributed by atoms with Gasteiger partial charge in [0.25, 0.3) is 5.69 Å². The Balaban J connectivity index is 2.49. The number of pyridine rings is 1. The van der Waals surface area contributed by atoms with E-state index in [9.17, 15) is 20.0 Å². The third-order valence-corrected chi connectivity index (χ3v) is 3.73. The van der Waals surface area contributed by atoms with Crippen molar-refractivity contribution in [1.29, 1.82) is 0 Å². The normalized spacial score (nSPS) is 22.6. The summed E-state index contributed by atoms with van der Waals surface area (Å²) < 4.78 is 0. The molecule has 7 nitrogen and oxygen atoms in total. The average molecular weight is 279 g/mol. The van der Waals surface area contributed by atoms with Crippen molar-refractivity contribution in [3.05, 3.63) is 27.9 Å². The van der Waals surface area contributed by atoms with Crippen LogP contribution in [0.1, 0.15) is 43.5 Å². The summed E-state index contributed by atoms with van der Waals surface area (Å²) in [4.78, 5) is 27.5. The summed E-state index contributed by atoms with van der Waals surface area (Å²) in [6, 6.07) is 1.43. The summed E-state index contributed by atoms with van der Waals surface area (Å²) in [7, 11) is 0. The Hall–Kier alpha value is -2.18. The maximum absolute atomic E-state index is 11.4. The van der Waals surface area contributed by atoms with E-state index in [1.165, 1.54) is 0 Å². The molecule has 1 aromatic heterocycles. The Morgan fingerprint density at radius 3 is 2.55 bits per heavy atom. The number of aromatic carboxylic acids is 1. The van der Waals surface area contributed by atoms with Crippen molar-refractivity contribution in [1.82, 2.24) is 4.98 Å². The minimum Gasteiger partial charge on any atom is -0.478 e. The van der Waals surface area contributed by atoms with Gasteiger partial charge in [-0.3, -0.25) is 10.1 Å². The van der Waals surface area contributed by atoms with Crippen LogP contribution in [0.2, 0.25) is 0 Å². The van der Waals surface area contributed by atoms with Crippen molar-refractivity contribution in [2.75, 3.05) is 4.90 Å². The van der Waals surface area contributed by atoms with E-state index in [0.29, 0.717) is 5.82 Å². The molecule has 0 bridgehead atoms. The van der Waals surface area contributed by atoms with E-state index in [4.69, 9.17) is 0 Å². The highest BCUT2D eigenvalue weighted by Crippen LogP contribution is 2.31. The minimum absolute atomic E-state index is 0.111. The molecule has 1 aromatic rings. The van der Waals surface area contributed by atoms with Gasteiger partial charge in [0.2, 0.25) is 0 Å². The fraction of sp³-hybridized carbons (Fsp3) is 0.538. The summed E-state index contributed by atoms with van der Waals surface area (Å²) >= 11 is 0. The van der Waals surface area contributed by atoms with Gasteiger partial charge in [0.1, 0.15) is 17.6 Å². The van der Waals surface area contributed by atoms with E-state index in [0.717, 1.165) is 31.5 Å². The number of nitro groups is 1. The van der Waals surface area contributed by atoms with Gasteiger partial charge in [0.15, 0.2) is 0 Å².